The zero-order valence-corrected chi connectivity index (χ0v) is 34.7. The molecule has 0 N–H and O–H groups in total. The highest BCUT2D eigenvalue weighted by atomic mass is 14.5. The summed E-state index contributed by atoms with van der Waals surface area (Å²) in [6.07, 6.45) is 4.49. The molecule has 294 valence electrons. The van der Waals surface area contributed by atoms with Gasteiger partial charge in [-0.25, -0.2) is 0 Å². The average molecular weight is 799 g/mol. The first-order valence-corrected chi connectivity index (χ1v) is 21.9. The fourth-order valence-electron chi connectivity index (χ4n) is 10.6. The number of hydrogen-bond acceptors (Lipinski definition) is 0. The average Bonchev–Trinajstić information content (AvgIpc) is 3.67. The predicted octanol–water partition coefficient (Wildman–Crippen LogP) is 16.7. The number of benzene rings is 11. The minimum absolute atomic E-state index is 0.434. The van der Waals surface area contributed by atoms with Gasteiger partial charge in [0.25, 0.3) is 0 Å². The van der Waals surface area contributed by atoms with Crippen LogP contribution in [0.4, 0.5) is 0 Å². The Balaban J connectivity index is 0.992. The highest BCUT2D eigenvalue weighted by molar-refractivity contribution is 6.23. The molecule has 0 saturated heterocycles. The van der Waals surface area contributed by atoms with Crippen LogP contribution in [0.1, 0.15) is 33.4 Å². The second-order valence-corrected chi connectivity index (χ2v) is 16.7. The number of rotatable bonds is 7. The van der Waals surface area contributed by atoms with Gasteiger partial charge >= 0.3 is 0 Å². The van der Waals surface area contributed by atoms with E-state index in [-0.39, 0.29) is 0 Å². The summed E-state index contributed by atoms with van der Waals surface area (Å²) in [7, 11) is 0. The molecule has 0 fully saturated rings. The van der Waals surface area contributed by atoms with Crippen molar-refractivity contribution in [3.05, 3.63) is 276 Å². The van der Waals surface area contributed by atoms with Crippen LogP contribution in [-0.4, -0.2) is 0 Å². The van der Waals surface area contributed by atoms with Crippen molar-refractivity contribution in [3.63, 3.8) is 0 Å². The molecular formula is C63H42. The summed E-state index contributed by atoms with van der Waals surface area (Å²) in [6, 6.07) is 89.4. The predicted molar refractivity (Wildman–Crippen MR) is 268 cm³/mol. The van der Waals surface area contributed by atoms with Gasteiger partial charge in [0, 0.05) is 0 Å². The van der Waals surface area contributed by atoms with Gasteiger partial charge in [0.15, 0.2) is 0 Å². The molecule has 0 aromatic heterocycles. The smallest absolute Gasteiger partial charge is 0.0622 e. The molecule has 0 aliphatic heterocycles. The molecule has 0 bridgehead atoms. The van der Waals surface area contributed by atoms with E-state index >= 15 is 0 Å². The van der Waals surface area contributed by atoms with E-state index in [4.69, 9.17) is 0 Å². The van der Waals surface area contributed by atoms with Crippen molar-refractivity contribution in [3.8, 4) is 44.5 Å². The summed E-state index contributed by atoms with van der Waals surface area (Å²) in [5.41, 5.74) is 17.2. The maximum atomic E-state index is 2.38. The van der Waals surface area contributed by atoms with Gasteiger partial charge in [0.1, 0.15) is 0 Å². The first-order valence-electron chi connectivity index (χ1n) is 21.9. The Kier molecular flexibility index (Phi) is 8.83. The topological polar surface area (TPSA) is 0 Å². The zero-order valence-electron chi connectivity index (χ0n) is 34.7. The van der Waals surface area contributed by atoms with Gasteiger partial charge in [0.2, 0.25) is 0 Å². The maximum absolute atomic E-state index is 2.38. The van der Waals surface area contributed by atoms with E-state index in [1.165, 1.54) is 110 Å². The van der Waals surface area contributed by atoms with Gasteiger partial charge in [-0.2, -0.15) is 0 Å². The van der Waals surface area contributed by atoms with E-state index in [0.717, 1.165) is 0 Å². The van der Waals surface area contributed by atoms with E-state index < -0.39 is 5.41 Å². The van der Waals surface area contributed by atoms with Gasteiger partial charge < -0.3 is 0 Å². The van der Waals surface area contributed by atoms with Crippen molar-refractivity contribution in [1.82, 2.24) is 0 Å². The van der Waals surface area contributed by atoms with Gasteiger partial charge in [-0.15, -0.1) is 0 Å². The lowest BCUT2D eigenvalue weighted by atomic mass is 9.67. The van der Waals surface area contributed by atoms with E-state index in [1.54, 1.807) is 0 Å². The van der Waals surface area contributed by atoms with Crippen molar-refractivity contribution in [2.24, 2.45) is 0 Å². The summed E-state index contributed by atoms with van der Waals surface area (Å²) in [5.74, 6) is 0. The summed E-state index contributed by atoms with van der Waals surface area (Å²) in [5, 5.41) is 7.49. The van der Waals surface area contributed by atoms with Gasteiger partial charge in [-0.05, 0) is 110 Å². The Hall–Kier alpha value is -8.06. The standard InChI is InChI=1S/C63H42/c1-3-17-44(18-4-1)45-34-31-43(32-35-45)33-36-46-39-42-58(51-22-8-7-21-50(46)51)62-56-27-11-9-25-54(56)61(55-26-10-12-28-57(55)62)47-37-40-49(41-38-47)63(48-19-5-2-6-20-48)59-29-15-13-23-52(59)53-24-14-16-30-60(53)63/h1-42H. The molecule has 11 aromatic rings. The Morgan fingerprint density at radius 2 is 0.698 bits per heavy atom. The first-order chi connectivity index (χ1) is 31.3. The van der Waals surface area contributed by atoms with E-state index in [2.05, 4.69) is 255 Å². The van der Waals surface area contributed by atoms with E-state index in [0.29, 0.717) is 0 Å². The minimum Gasteiger partial charge on any atom is -0.0622 e. The Morgan fingerprint density at radius 3 is 1.30 bits per heavy atom. The monoisotopic (exact) mass is 798 g/mol. The van der Waals surface area contributed by atoms with Gasteiger partial charge in [-0.3, -0.25) is 0 Å². The summed E-state index contributed by atoms with van der Waals surface area (Å²) < 4.78 is 0. The zero-order chi connectivity index (χ0) is 41.7. The largest absolute Gasteiger partial charge is 0.0713 e. The number of fused-ring (bicyclic) bond motifs is 6. The normalized spacial score (nSPS) is 12.8. The van der Waals surface area contributed by atoms with Crippen molar-refractivity contribution < 1.29 is 0 Å². The highest BCUT2D eigenvalue weighted by Gasteiger charge is 2.45. The van der Waals surface area contributed by atoms with E-state index in [1.807, 2.05) is 0 Å². The molecule has 0 radical (unpaired) electrons. The second kappa shape index (κ2) is 15.1. The molecule has 0 heterocycles. The van der Waals surface area contributed by atoms with Crippen LogP contribution in [0, 0.1) is 0 Å². The SMILES string of the molecule is C(=Cc1ccc(-c2c3ccccc3c(-c3ccc(C4(c5ccccc5)c5ccccc5-c5ccccc54)cc3)c3ccccc23)c2ccccc12)c1ccc(-c2ccccc2)cc1. The van der Waals surface area contributed by atoms with Gasteiger partial charge in [-0.1, -0.05) is 255 Å². The van der Waals surface area contributed by atoms with Crippen LogP contribution in [0.5, 0.6) is 0 Å². The first kappa shape index (κ1) is 36.8. The molecule has 0 nitrogen and oxygen atoms in total. The highest BCUT2D eigenvalue weighted by Crippen LogP contribution is 2.56. The lowest BCUT2D eigenvalue weighted by Crippen LogP contribution is -2.28. The Labute approximate surface area is 368 Å². The second-order valence-electron chi connectivity index (χ2n) is 16.7. The van der Waals surface area contributed by atoms with Crippen LogP contribution in [0.25, 0.3) is 89.0 Å². The molecule has 1 aliphatic rings. The van der Waals surface area contributed by atoms with Crippen LogP contribution in [0.3, 0.4) is 0 Å². The Bertz CT molecular complexity index is 3420. The van der Waals surface area contributed by atoms with Crippen LogP contribution in [0.2, 0.25) is 0 Å². The summed E-state index contributed by atoms with van der Waals surface area (Å²) >= 11 is 0. The molecule has 0 heteroatoms. The quantitative estimate of drug-likeness (QED) is 0.111. The molecule has 0 atom stereocenters. The molecular weight excluding hydrogens is 757 g/mol. The fraction of sp³-hybridized carbons (Fsp3) is 0.0159. The minimum atomic E-state index is -0.434. The third-order valence-electron chi connectivity index (χ3n) is 13.4. The van der Waals surface area contributed by atoms with Gasteiger partial charge in [0.05, 0.1) is 5.41 Å². The lowest BCUT2D eigenvalue weighted by molar-refractivity contribution is 0.768. The Morgan fingerprint density at radius 1 is 0.254 bits per heavy atom. The molecule has 0 unspecified atom stereocenters. The number of hydrogen-bond donors (Lipinski definition) is 0. The van der Waals surface area contributed by atoms with Crippen molar-refractivity contribution in [2.45, 2.75) is 5.41 Å². The molecule has 11 aromatic carbocycles. The molecule has 0 amide bonds. The third-order valence-corrected chi connectivity index (χ3v) is 13.4. The third kappa shape index (κ3) is 5.91. The molecule has 1 aliphatic carbocycles. The molecule has 0 spiro atoms. The maximum Gasteiger partial charge on any atom is 0.0713 e. The molecule has 63 heavy (non-hydrogen) atoms. The lowest BCUT2D eigenvalue weighted by Gasteiger charge is -2.34. The van der Waals surface area contributed by atoms with Crippen molar-refractivity contribution >= 4 is 44.5 Å². The summed E-state index contributed by atoms with van der Waals surface area (Å²) in [4.78, 5) is 0. The van der Waals surface area contributed by atoms with Crippen molar-refractivity contribution in [2.75, 3.05) is 0 Å². The molecule has 12 rings (SSSR count). The fourth-order valence-corrected chi connectivity index (χ4v) is 10.6. The van der Waals surface area contributed by atoms with Crippen LogP contribution in [-0.2, 0) is 5.41 Å². The van der Waals surface area contributed by atoms with E-state index in [9.17, 15) is 0 Å². The van der Waals surface area contributed by atoms with Crippen LogP contribution < -0.4 is 0 Å². The summed E-state index contributed by atoms with van der Waals surface area (Å²) in [6.45, 7) is 0. The van der Waals surface area contributed by atoms with Crippen LogP contribution in [0.15, 0.2) is 243 Å². The van der Waals surface area contributed by atoms with Crippen molar-refractivity contribution in [1.29, 1.82) is 0 Å². The molecule has 0 saturated carbocycles. The van der Waals surface area contributed by atoms with Crippen LogP contribution >= 0.6 is 0 Å².